The van der Waals surface area contributed by atoms with E-state index < -0.39 is 0 Å². The van der Waals surface area contributed by atoms with Gasteiger partial charge in [0.05, 0.1) is 14.2 Å². The molecule has 174 valence electrons. The number of benzene rings is 1. The molecule has 0 fully saturated rings. The zero-order valence-corrected chi connectivity index (χ0v) is 21.6. The number of ether oxygens (including phenoxy) is 2. The summed E-state index contributed by atoms with van der Waals surface area (Å²) in [5.74, 6) is 3.38. The van der Waals surface area contributed by atoms with Crippen LogP contribution >= 0.6 is 24.0 Å². The molecule has 1 N–H and O–H groups in total. The second-order valence-electron chi connectivity index (χ2n) is 7.25. The third kappa shape index (κ3) is 6.72. The molecule has 0 saturated carbocycles. The maximum Gasteiger partial charge on any atom is 0.193 e. The highest BCUT2D eigenvalue weighted by Crippen LogP contribution is 2.27. The van der Waals surface area contributed by atoms with Crippen molar-refractivity contribution < 1.29 is 9.47 Å². The molecule has 2 heterocycles. The molecule has 0 unspecified atom stereocenters. The molecule has 9 heteroatoms. The Bertz CT molecular complexity index is 1010. The maximum atomic E-state index is 5.41. The number of aryl methyl sites for hydroxylation is 1. The maximum absolute atomic E-state index is 5.41. The van der Waals surface area contributed by atoms with E-state index in [2.05, 4.69) is 40.5 Å². The molecular formula is C23H33IN6O2. The van der Waals surface area contributed by atoms with Gasteiger partial charge in [0.2, 0.25) is 0 Å². The van der Waals surface area contributed by atoms with Crippen molar-refractivity contribution >= 4 is 35.6 Å². The first-order valence-electron chi connectivity index (χ1n) is 10.6. The van der Waals surface area contributed by atoms with Crippen LogP contribution in [0.15, 0.2) is 47.6 Å². The average Bonchev–Trinajstić information content (AvgIpc) is 3.22. The number of rotatable bonds is 10. The molecule has 0 bridgehead atoms. The SMILES string of the molecule is CCNC(=NCCCc1nnc2ccccn12)N(C)CCc1ccc(OC)c(OC)c1.I. The third-order valence-electron chi connectivity index (χ3n) is 5.08. The van der Waals surface area contributed by atoms with E-state index in [1.54, 1.807) is 14.2 Å². The number of aliphatic imine (C=N–C) groups is 1. The van der Waals surface area contributed by atoms with Gasteiger partial charge in [-0.2, -0.15) is 0 Å². The summed E-state index contributed by atoms with van der Waals surface area (Å²) in [5.41, 5.74) is 2.07. The van der Waals surface area contributed by atoms with Crippen LogP contribution in [0.2, 0.25) is 0 Å². The number of hydrogen-bond donors (Lipinski definition) is 1. The molecule has 0 spiro atoms. The Kier molecular flexibility index (Phi) is 10.5. The van der Waals surface area contributed by atoms with E-state index >= 15 is 0 Å². The summed E-state index contributed by atoms with van der Waals surface area (Å²) in [7, 11) is 5.37. The van der Waals surface area contributed by atoms with Gasteiger partial charge in [-0.3, -0.25) is 9.39 Å². The van der Waals surface area contributed by atoms with Gasteiger partial charge in [0, 0.05) is 39.3 Å². The van der Waals surface area contributed by atoms with E-state index in [4.69, 9.17) is 14.5 Å². The van der Waals surface area contributed by atoms with Crippen LogP contribution in [0.5, 0.6) is 11.5 Å². The van der Waals surface area contributed by atoms with Gasteiger partial charge in [0.25, 0.3) is 0 Å². The lowest BCUT2D eigenvalue weighted by Crippen LogP contribution is -2.40. The lowest BCUT2D eigenvalue weighted by molar-refractivity contribution is 0.354. The Morgan fingerprint density at radius 1 is 1.09 bits per heavy atom. The summed E-state index contributed by atoms with van der Waals surface area (Å²) in [6.45, 7) is 4.48. The van der Waals surface area contributed by atoms with Gasteiger partial charge in [-0.25, -0.2) is 0 Å². The molecule has 0 aliphatic rings. The van der Waals surface area contributed by atoms with Gasteiger partial charge in [0.15, 0.2) is 23.1 Å². The van der Waals surface area contributed by atoms with E-state index in [0.717, 1.165) is 67.8 Å². The van der Waals surface area contributed by atoms with Gasteiger partial charge >= 0.3 is 0 Å². The smallest absolute Gasteiger partial charge is 0.193 e. The number of halogens is 1. The third-order valence-corrected chi connectivity index (χ3v) is 5.08. The molecule has 2 aromatic heterocycles. The molecule has 0 atom stereocenters. The average molecular weight is 552 g/mol. The Morgan fingerprint density at radius 3 is 2.66 bits per heavy atom. The number of methoxy groups -OCH3 is 2. The van der Waals surface area contributed by atoms with Crippen molar-refractivity contribution in [3.05, 3.63) is 54.0 Å². The normalized spacial score (nSPS) is 11.2. The Morgan fingerprint density at radius 2 is 1.91 bits per heavy atom. The first-order valence-corrected chi connectivity index (χ1v) is 10.6. The minimum atomic E-state index is 0. The van der Waals surface area contributed by atoms with Gasteiger partial charge in [-0.05, 0) is 49.6 Å². The second-order valence-corrected chi connectivity index (χ2v) is 7.25. The molecule has 3 rings (SSSR count). The van der Waals surface area contributed by atoms with Crippen molar-refractivity contribution in [1.29, 1.82) is 0 Å². The summed E-state index contributed by atoms with van der Waals surface area (Å²) in [5, 5.41) is 11.9. The minimum Gasteiger partial charge on any atom is -0.493 e. The van der Waals surface area contributed by atoms with Gasteiger partial charge < -0.3 is 19.7 Å². The number of guanidine groups is 1. The van der Waals surface area contributed by atoms with Crippen LogP contribution in [0.4, 0.5) is 0 Å². The number of nitrogens with one attached hydrogen (secondary N) is 1. The number of aromatic nitrogens is 3. The predicted octanol–water partition coefficient (Wildman–Crippen LogP) is 3.44. The summed E-state index contributed by atoms with van der Waals surface area (Å²) in [6, 6.07) is 12.0. The molecule has 0 amide bonds. The number of nitrogens with zero attached hydrogens (tertiary/aromatic N) is 5. The molecular weight excluding hydrogens is 519 g/mol. The highest BCUT2D eigenvalue weighted by atomic mass is 127. The highest BCUT2D eigenvalue weighted by molar-refractivity contribution is 14.0. The molecule has 1 aromatic carbocycles. The predicted molar refractivity (Wildman–Crippen MR) is 139 cm³/mol. The van der Waals surface area contributed by atoms with Crippen LogP contribution in [0.1, 0.15) is 24.7 Å². The molecule has 0 radical (unpaired) electrons. The number of likely N-dealkylation sites (N-methyl/N-ethyl adjacent to an activating group) is 1. The molecule has 32 heavy (non-hydrogen) atoms. The van der Waals surface area contributed by atoms with Gasteiger partial charge in [-0.15, -0.1) is 34.2 Å². The van der Waals surface area contributed by atoms with Crippen molar-refractivity contribution in [3.63, 3.8) is 0 Å². The summed E-state index contributed by atoms with van der Waals surface area (Å²) in [6.07, 6.45) is 4.63. The summed E-state index contributed by atoms with van der Waals surface area (Å²) >= 11 is 0. The number of fused-ring (bicyclic) bond motifs is 1. The summed E-state index contributed by atoms with van der Waals surface area (Å²) < 4.78 is 12.8. The van der Waals surface area contributed by atoms with E-state index in [1.807, 2.05) is 40.9 Å². The first kappa shape index (κ1) is 25.7. The van der Waals surface area contributed by atoms with Crippen molar-refractivity contribution in [2.24, 2.45) is 4.99 Å². The fourth-order valence-corrected chi connectivity index (χ4v) is 3.39. The van der Waals surface area contributed by atoms with Crippen molar-refractivity contribution in [2.75, 3.05) is 40.9 Å². The van der Waals surface area contributed by atoms with E-state index in [0.29, 0.717) is 0 Å². The number of pyridine rings is 1. The molecule has 3 aromatic rings. The van der Waals surface area contributed by atoms with E-state index in [1.165, 1.54) is 5.56 Å². The molecule has 0 aliphatic heterocycles. The van der Waals surface area contributed by atoms with Crippen LogP contribution in [-0.4, -0.2) is 66.4 Å². The largest absolute Gasteiger partial charge is 0.493 e. The van der Waals surface area contributed by atoms with Gasteiger partial charge in [0.1, 0.15) is 5.82 Å². The standard InChI is InChI=1S/C23H32N6O2.HI/c1-5-24-23(25-14-8-10-22-27-26-21-9-6-7-15-29(21)22)28(2)16-13-18-11-12-19(30-3)20(17-18)31-4;/h6-7,9,11-12,15,17H,5,8,10,13-14,16H2,1-4H3,(H,24,25);1H. The molecule has 8 nitrogen and oxygen atoms in total. The second kappa shape index (κ2) is 13.1. The topological polar surface area (TPSA) is 76.3 Å². The lowest BCUT2D eigenvalue weighted by atomic mass is 10.1. The van der Waals surface area contributed by atoms with Crippen LogP contribution in [-0.2, 0) is 12.8 Å². The van der Waals surface area contributed by atoms with Gasteiger partial charge in [-0.1, -0.05) is 12.1 Å². The van der Waals surface area contributed by atoms with Crippen LogP contribution in [0.25, 0.3) is 5.65 Å². The Labute approximate surface area is 207 Å². The fourth-order valence-electron chi connectivity index (χ4n) is 3.39. The zero-order chi connectivity index (χ0) is 22.1. The minimum absolute atomic E-state index is 0. The number of hydrogen-bond acceptors (Lipinski definition) is 5. The van der Waals surface area contributed by atoms with Crippen LogP contribution in [0.3, 0.4) is 0 Å². The summed E-state index contributed by atoms with van der Waals surface area (Å²) in [4.78, 5) is 6.96. The van der Waals surface area contributed by atoms with Crippen molar-refractivity contribution in [1.82, 2.24) is 24.8 Å². The van der Waals surface area contributed by atoms with E-state index in [-0.39, 0.29) is 24.0 Å². The van der Waals surface area contributed by atoms with Crippen molar-refractivity contribution in [2.45, 2.75) is 26.2 Å². The monoisotopic (exact) mass is 552 g/mol. The van der Waals surface area contributed by atoms with Crippen molar-refractivity contribution in [3.8, 4) is 11.5 Å². The Hall–Kier alpha value is -2.56. The van der Waals surface area contributed by atoms with E-state index in [9.17, 15) is 0 Å². The lowest BCUT2D eigenvalue weighted by Gasteiger charge is -2.22. The quantitative estimate of drug-likeness (QED) is 0.180. The molecule has 0 aliphatic carbocycles. The Balaban J connectivity index is 0.00000363. The molecule has 0 saturated heterocycles. The fraction of sp³-hybridized carbons (Fsp3) is 0.435. The first-order chi connectivity index (χ1) is 15.2. The van der Waals surface area contributed by atoms with Crippen LogP contribution in [0, 0.1) is 0 Å². The van der Waals surface area contributed by atoms with Crippen LogP contribution < -0.4 is 14.8 Å². The zero-order valence-electron chi connectivity index (χ0n) is 19.2. The highest BCUT2D eigenvalue weighted by Gasteiger charge is 2.09.